The van der Waals surface area contributed by atoms with E-state index in [1.165, 1.54) is 4.90 Å². The van der Waals surface area contributed by atoms with Crippen LogP contribution >= 0.6 is 0 Å². The smallest absolute Gasteiger partial charge is 0.325 e. The van der Waals surface area contributed by atoms with Crippen molar-refractivity contribution in [1.29, 1.82) is 0 Å². The number of amides is 3. The van der Waals surface area contributed by atoms with Crippen LogP contribution in [0.3, 0.4) is 0 Å². The maximum Gasteiger partial charge on any atom is 0.325 e. The van der Waals surface area contributed by atoms with Gasteiger partial charge in [0.2, 0.25) is 5.96 Å². The van der Waals surface area contributed by atoms with Crippen molar-refractivity contribution in [3.63, 3.8) is 0 Å². The summed E-state index contributed by atoms with van der Waals surface area (Å²) < 4.78 is 0. The van der Waals surface area contributed by atoms with Gasteiger partial charge in [-0.25, -0.2) is 9.79 Å². The fourth-order valence-electron chi connectivity index (χ4n) is 2.75. The number of aliphatic imine (C=N–C) groups is 1. The minimum atomic E-state index is -0.641. The van der Waals surface area contributed by atoms with Crippen LogP contribution in [0.25, 0.3) is 0 Å². The molecule has 3 rings (SSSR count). The number of carbonyl (C=O) groups excluding carboxylic acids is 2. The summed E-state index contributed by atoms with van der Waals surface area (Å²) in [5, 5.41) is 14.8. The van der Waals surface area contributed by atoms with E-state index in [-0.39, 0.29) is 13.2 Å². The number of hydrogen-bond acceptors (Lipinski definition) is 6. The highest BCUT2D eigenvalue weighted by Crippen LogP contribution is 2.24. The Morgan fingerprint density at radius 3 is 2.65 bits per heavy atom. The molecular formula is C15H19N5O3. The molecule has 0 radical (unpaired) electrons. The third-order valence-corrected chi connectivity index (χ3v) is 4.01. The van der Waals surface area contributed by atoms with Gasteiger partial charge in [0, 0.05) is 19.3 Å². The zero-order chi connectivity index (χ0) is 16.6. The molecule has 2 heterocycles. The van der Waals surface area contributed by atoms with Crippen LogP contribution < -0.4 is 10.6 Å². The summed E-state index contributed by atoms with van der Waals surface area (Å²) in [6, 6.07) is 6.63. The van der Waals surface area contributed by atoms with Gasteiger partial charge in [0.15, 0.2) is 12.2 Å². The summed E-state index contributed by atoms with van der Waals surface area (Å²) in [4.78, 5) is 31.5. The molecule has 0 spiro atoms. The molecule has 0 saturated carbocycles. The maximum atomic E-state index is 12.2. The van der Waals surface area contributed by atoms with E-state index in [0.717, 1.165) is 11.3 Å². The minimum absolute atomic E-state index is 0.122. The van der Waals surface area contributed by atoms with E-state index in [4.69, 9.17) is 0 Å². The van der Waals surface area contributed by atoms with Crippen LogP contribution in [0, 0.1) is 6.92 Å². The first-order valence-corrected chi connectivity index (χ1v) is 7.38. The lowest BCUT2D eigenvalue weighted by Crippen LogP contribution is -2.64. The normalized spacial score (nSPS) is 23.5. The number of urea groups is 1. The first-order chi connectivity index (χ1) is 11.0. The van der Waals surface area contributed by atoms with Crippen LogP contribution in [0.4, 0.5) is 10.5 Å². The number of aryl methyl sites for hydroxylation is 1. The topological polar surface area (TPSA) is 97.3 Å². The Balaban J connectivity index is 1.89. The molecule has 2 aliphatic heterocycles. The van der Waals surface area contributed by atoms with E-state index >= 15 is 0 Å². The second-order valence-corrected chi connectivity index (χ2v) is 5.62. The number of hydrogen-bond donors (Lipinski definition) is 3. The minimum Gasteiger partial charge on any atom is -0.395 e. The zero-order valence-corrected chi connectivity index (χ0v) is 13.0. The van der Waals surface area contributed by atoms with Crippen LogP contribution in [0.1, 0.15) is 5.56 Å². The van der Waals surface area contributed by atoms with Gasteiger partial charge >= 0.3 is 6.03 Å². The first kappa shape index (κ1) is 15.3. The Bertz CT molecular complexity index is 658. The molecule has 1 saturated heterocycles. The molecule has 0 aromatic heterocycles. The number of nitrogens with zero attached hydrogens (tertiary/aromatic N) is 3. The van der Waals surface area contributed by atoms with Crippen LogP contribution in [0.2, 0.25) is 0 Å². The van der Waals surface area contributed by atoms with Crippen molar-refractivity contribution in [2.45, 2.75) is 19.1 Å². The number of likely N-dealkylation sites (N-methyl/N-ethyl adjacent to an activating group) is 1. The van der Waals surface area contributed by atoms with Crippen molar-refractivity contribution in [2.75, 3.05) is 25.5 Å². The molecular weight excluding hydrogens is 298 g/mol. The number of benzene rings is 1. The number of aliphatic hydroxyl groups excluding tert-OH is 1. The Kier molecular flexibility index (Phi) is 3.91. The quantitative estimate of drug-likeness (QED) is 0.726. The molecule has 2 aliphatic rings. The Morgan fingerprint density at radius 2 is 2.00 bits per heavy atom. The van der Waals surface area contributed by atoms with Crippen molar-refractivity contribution in [2.24, 2.45) is 4.99 Å². The van der Waals surface area contributed by atoms with Crippen LogP contribution in [-0.2, 0) is 4.79 Å². The molecule has 1 aromatic carbocycles. The molecule has 1 fully saturated rings. The second kappa shape index (κ2) is 5.88. The van der Waals surface area contributed by atoms with Gasteiger partial charge in [-0.2, -0.15) is 0 Å². The van der Waals surface area contributed by atoms with Crippen LogP contribution in [-0.4, -0.2) is 65.2 Å². The highest BCUT2D eigenvalue weighted by Gasteiger charge is 2.48. The third-order valence-electron chi connectivity index (χ3n) is 4.01. The van der Waals surface area contributed by atoms with Crippen molar-refractivity contribution in [3.8, 4) is 0 Å². The summed E-state index contributed by atoms with van der Waals surface area (Å²) in [6.45, 7) is 2.12. The fraction of sp³-hybridized carbons (Fsp3) is 0.400. The molecule has 122 valence electrons. The van der Waals surface area contributed by atoms with E-state index in [0.29, 0.717) is 5.96 Å². The Hall–Kier alpha value is -2.61. The van der Waals surface area contributed by atoms with Crippen molar-refractivity contribution < 1.29 is 14.7 Å². The molecule has 2 unspecified atom stereocenters. The molecule has 3 N–H and O–H groups in total. The predicted molar refractivity (Wildman–Crippen MR) is 84.9 cm³/mol. The number of guanidine groups is 1. The second-order valence-electron chi connectivity index (χ2n) is 5.62. The molecule has 2 atom stereocenters. The molecule has 0 bridgehead atoms. The lowest BCUT2D eigenvalue weighted by Gasteiger charge is -2.35. The Labute approximate surface area is 133 Å². The predicted octanol–water partition coefficient (Wildman–Crippen LogP) is -0.0529. The van der Waals surface area contributed by atoms with Gasteiger partial charge in [-0.15, -0.1) is 0 Å². The fourth-order valence-corrected chi connectivity index (χ4v) is 2.75. The van der Waals surface area contributed by atoms with E-state index in [1.54, 1.807) is 11.9 Å². The monoisotopic (exact) mass is 317 g/mol. The van der Waals surface area contributed by atoms with Crippen molar-refractivity contribution in [3.05, 3.63) is 29.8 Å². The summed E-state index contributed by atoms with van der Waals surface area (Å²) in [5.74, 6) is 0.0607. The van der Waals surface area contributed by atoms with Gasteiger partial charge in [0.05, 0.1) is 6.61 Å². The van der Waals surface area contributed by atoms with E-state index in [2.05, 4.69) is 15.6 Å². The van der Waals surface area contributed by atoms with E-state index in [9.17, 15) is 14.7 Å². The number of imide groups is 1. The summed E-state index contributed by atoms with van der Waals surface area (Å²) in [7, 11) is 1.59. The van der Waals surface area contributed by atoms with Crippen molar-refractivity contribution >= 4 is 23.6 Å². The standard InChI is InChI=1S/C15H19N5O3/c1-9-3-5-10(6-4-9)16-14-17-12-11(20(14)7-8-21)13(22)18-15(23)19(12)2/h3-6,11-12,21H,7-8H2,1-2H3,(H,16,17)(H,18,22,23). The van der Waals surface area contributed by atoms with Crippen LogP contribution in [0.5, 0.6) is 0 Å². The summed E-state index contributed by atoms with van der Waals surface area (Å²) in [5.41, 5.74) is 1.96. The number of anilines is 1. The summed E-state index contributed by atoms with van der Waals surface area (Å²) in [6.07, 6.45) is -0.601. The number of aliphatic hydroxyl groups is 1. The average molecular weight is 317 g/mol. The van der Waals surface area contributed by atoms with Gasteiger partial charge in [-0.1, -0.05) is 17.7 Å². The summed E-state index contributed by atoms with van der Waals surface area (Å²) >= 11 is 0. The van der Waals surface area contributed by atoms with Gasteiger partial charge in [-0.3, -0.25) is 10.1 Å². The Morgan fingerprint density at radius 1 is 1.30 bits per heavy atom. The maximum absolute atomic E-state index is 12.2. The van der Waals surface area contributed by atoms with E-state index < -0.39 is 24.1 Å². The van der Waals surface area contributed by atoms with Crippen molar-refractivity contribution in [1.82, 2.24) is 15.1 Å². The number of nitrogens with one attached hydrogen (secondary N) is 2. The first-order valence-electron chi connectivity index (χ1n) is 7.38. The van der Waals surface area contributed by atoms with Gasteiger partial charge in [0.1, 0.15) is 0 Å². The number of rotatable bonds is 3. The molecule has 0 aliphatic carbocycles. The lowest BCUT2D eigenvalue weighted by molar-refractivity contribution is -0.127. The molecule has 8 heteroatoms. The van der Waals surface area contributed by atoms with Gasteiger partial charge in [0.25, 0.3) is 5.91 Å². The molecule has 8 nitrogen and oxygen atoms in total. The molecule has 23 heavy (non-hydrogen) atoms. The van der Waals surface area contributed by atoms with E-state index in [1.807, 2.05) is 31.2 Å². The number of carbonyl (C=O) groups is 2. The molecule has 1 aromatic rings. The van der Waals surface area contributed by atoms with Gasteiger partial charge < -0.3 is 20.2 Å². The molecule has 3 amide bonds. The largest absolute Gasteiger partial charge is 0.395 e. The highest BCUT2D eigenvalue weighted by molar-refractivity contribution is 6.06. The third kappa shape index (κ3) is 2.72. The van der Waals surface area contributed by atoms with Crippen LogP contribution in [0.15, 0.2) is 29.3 Å². The average Bonchev–Trinajstić information content (AvgIpc) is 2.87. The number of β-amino-alcohol motifs (C(OH)–C–C–N with tert-alkyl or cyclic N) is 1. The number of fused-ring (bicyclic) bond motifs is 1. The lowest BCUT2D eigenvalue weighted by atomic mass is 10.1. The van der Waals surface area contributed by atoms with Gasteiger partial charge in [-0.05, 0) is 19.1 Å². The SMILES string of the molecule is Cc1ccc(NC2=NC3C(C(=O)NC(=O)N3C)N2CCO)cc1. The zero-order valence-electron chi connectivity index (χ0n) is 13.0. The highest BCUT2D eigenvalue weighted by atomic mass is 16.3.